The summed E-state index contributed by atoms with van der Waals surface area (Å²) in [7, 11) is 0. The average molecular weight is 501 g/mol. The Kier molecular flexibility index (Phi) is 7.12. The SMILES string of the molecule is O=Cc1cc([C@@H]2CCN(C(=O)c3cc(OCc4ccccc4)c(OCc4ccccc4)c[n+]3O)C2)no1. The molecule has 0 saturated carbocycles. The van der Waals surface area contributed by atoms with E-state index in [1.807, 2.05) is 60.7 Å². The zero-order valence-electron chi connectivity index (χ0n) is 20.0. The largest absolute Gasteiger partial charge is 0.484 e. The van der Waals surface area contributed by atoms with Crippen molar-refractivity contribution in [1.82, 2.24) is 10.1 Å². The summed E-state index contributed by atoms with van der Waals surface area (Å²) in [5.74, 6) is 0.386. The second kappa shape index (κ2) is 10.9. The number of amides is 1. The van der Waals surface area contributed by atoms with Gasteiger partial charge in [-0.2, -0.15) is 0 Å². The summed E-state index contributed by atoms with van der Waals surface area (Å²) < 4.78 is 17.8. The topological polar surface area (TPSA) is 106 Å². The van der Waals surface area contributed by atoms with Crippen LogP contribution in [0.15, 0.2) is 83.5 Å². The number of benzene rings is 2. The van der Waals surface area contributed by atoms with Crippen molar-refractivity contribution in [2.45, 2.75) is 25.6 Å². The zero-order valence-corrected chi connectivity index (χ0v) is 20.0. The van der Waals surface area contributed by atoms with Crippen LogP contribution in [0.5, 0.6) is 11.5 Å². The van der Waals surface area contributed by atoms with E-state index in [0.717, 1.165) is 15.9 Å². The van der Waals surface area contributed by atoms with E-state index in [4.69, 9.17) is 14.0 Å². The van der Waals surface area contributed by atoms with Crippen LogP contribution in [0, 0.1) is 0 Å². The lowest BCUT2D eigenvalue weighted by atomic mass is 10.1. The van der Waals surface area contributed by atoms with Crippen molar-refractivity contribution < 1.29 is 33.5 Å². The lowest BCUT2D eigenvalue weighted by molar-refractivity contribution is -0.906. The molecule has 1 atom stereocenters. The van der Waals surface area contributed by atoms with E-state index in [1.54, 1.807) is 11.0 Å². The fourth-order valence-electron chi connectivity index (χ4n) is 4.26. The first-order valence-electron chi connectivity index (χ1n) is 11.9. The number of hydrogen-bond acceptors (Lipinski definition) is 7. The smallest absolute Gasteiger partial charge is 0.325 e. The lowest BCUT2D eigenvalue weighted by Gasteiger charge is -2.15. The highest BCUT2D eigenvalue weighted by molar-refractivity contribution is 5.91. The molecule has 0 unspecified atom stereocenters. The molecule has 0 radical (unpaired) electrons. The number of aromatic nitrogens is 2. The van der Waals surface area contributed by atoms with E-state index in [1.165, 1.54) is 12.3 Å². The Labute approximate surface area is 213 Å². The number of carbonyl (C=O) groups excluding carboxylic acids is 2. The lowest BCUT2D eigenvalue weighted by Crippen LogP contribution is -2.43. The van der Waals surface area contributed by atoms with E-state index in [2.05, 4.69) is 5.16 Å². The van der Waals surface area contributed by atoms with Crippen molar-refractivity contribution in [1.29, 1.82) is 0 Å². The van der Waals surface area contributed by atoms with Gasteiger partial charge in [-0.05, 0) is 17.5 Å². The number of hydrogen-bond donors (Lipinski definition) is 1. The number of aldehydes is 1. The van der Waals surface area contributed by atoms with E-state index in [9.17, 15) is 14.8 Å². The molecule has 1 aliphatic heterocycles. The molecule has 1 N–H and O–H groups in total. The molecule has 4 aromatic rings. The number of likely N-dealkylation sites (tertiary alicyclic amines) is 1. The monoisotopic (exact) mass is 500 g/mol. The van der Waals surface area contributed by atoms with Crippen LogP contribution in [-0.4, -0.2) is 40.5 Å². The number of pyridine rings is 1. The molecule has 0 aliphatic carbocycles. The van der Waals surface area contributed by atoms with Crippen LogP contribution in [0.1, 0.15) is 50.2 Å². The minimum absolute atomic E-state index is 0.0458. The average Bonchev–Trinajstić information content (AvgIpc) is 3.62. The van der Waals surface area contributed by atoms with Gasteiger partial charge >= 0.3 is 11.6 Å². The quantitative estimate of drug-likeness (QED) is 0.212. The van der Waals surface area contributed by atoms with Gasteiger partial charge in [0.25, 0.3) is 6.20 Å². The van der Waals surface area contributed by atoms with Gasteiger partial charge < -0.3 is 18.9 Å². The molecule has 9 nitrogen and oxygen atoms in total. The van der Waals surface area contributed by atoms with Crippen LogP contribution < -0.4 is 14.2 Å². The Morgan fingerprint density at radius 2 is 1.68 bits per heavy atom. The van der Waals surface area contributed by atoms with Gasteiger partial charge in [0.05, 0.1) is 11.8 Å². The highest BCUT2D eigenvalue weighted by atomic mass is 16.5. The highest BCUT2D eigenvalue weighted by Crippen LogP contribution is 2.31. The normalized spacial score (nSPS) is 14.9. The molecule has 37 heavy (non-hydrogen) atoms. The van der Waals surface area contributed by atoms with Crippen molar-refractivity contribution in [2.75, 3.05) is 13.1 Å². The predicted octanol–water partition coefficient (Wildman–Crippen LogP) is 3.80. The third-order valence-electron chi connectivity index (χ3n) is 6.25. The van der Waals surface area contributed by atoms with Crippen molar-refractivity contribution >= 4 is 12.2 Å². The summed E-state index contributed by atoms with van der Waals surface area (Å²) >= 11 is 0. The van der Waals surface area contributed by atoms with Crippen LogP contribution in [0.2, 0.25) is 0 Å². The first-order valence-corrected chi connectivity index (χ1v) is 11.9. The number of nitrogens with zero attached hydrogens (tertiary/aromatic N) is 3. The molecule has 1 amide bonds. The first-order chi connectivity index (χ1) is 18.1. The third kappa shape index (κ3) is 5.61. The van der Waals surface area contributed by atoms with Gasteiger partial charge in [-0.1, -0.05) is 65.8 Å². The fourth-order valence-corrected chi connectivity index (χ4v) is 4.26. The molecule has 3 heterocycles. The molecular formula is C28H26N3O6+. The van der Waals surface area contributed by atoms with Gasteiger partial charge in [-0.25, -0.2) is 0 Å². The van der Waals surface area contributed by atoms with Crippen molar-refractivity contribution in [3.8, 4) is 11.5 Å². The van der Waals surface area contributed by atoms with E-state index in [-0.39, 0.29) is 36.5 Å². The summed E-state index contributed by atoms with van der Waals surface area (Å²) in [5.41, 5.74) is 2.58. The molecule has 0 spiro atoms. The maximum absolute atomic E-state index is 13.4. The Morgan fingerprint density at radius 3 is 2.30 bits per heavy atom. The second-order valence-corrected chi connectivity index (χ2v) is 8.79. The number of carbonyl (C=O) groups is 2. The third-order valence-corrected chi connectivity index (χ3v) is 6.25. The molecule has 2 aromatic carbocycles. The highest BCUT2D eigenvalue weighted by Gasteiger charge is 2.35. The van der Waals surface area contributed by atoms with Gasteiger partial charge in [-0.15, -0.1) is 0 Å². The Bertz CT molecular complexity index is 1370. The van der Waals surface area contributed by atoms with Gasteiger partial charge in [0.1, 0.15) is 13.2 Å². The van der Waals surface area contributed by atoms with Gasteiger partial charge in [0.15, 0.2) is 17.8 Å². The van der Waals surface area contributed by atoms with Gasteiger partial charge in [0.2, 0.25) is 5.75 Å². The molecule has 2 aromatic heterocycles. The molecule has 9 heteroatoms. The molecule has 1 saturated heterocycles. The summed E-state index contributed by atoms with van der Waals surface area (Å²) in [4.78, 5) is 25.9. The first kappa shape index (κ1) is 24.1. The van der Waals surface area contributed by atoms with Crippen LogP contribution in [0.4, 0.5) is 0 Å². The minimum atomic E-state index is -0.358. The molecule has 0 bridgehead atoms. The Balaban J connectivity index is 1.36. The number of ether oxygens (including phenoxy) is 2. The molecule has 5 rings (SSSR count). The van der Waals surface area contributed by atoms with Crippen molar-refractivity contribution in [3.63, 3.8) is 0 Å². The molecular weight excluding hydrogens is 474 g/mol. The van der Waals surface area contributed by atoms with Gasteiger partial charge in [0, 0.05) is 29.8 Å². The van der Waals surface area contributed by atoms with E-state index < -0.39 is 0 Å². The Morgan fingerprint density at radius 1 is 1.03 bits per heavy atom. The summed E-state index contributed by atoms with van der Waals surface area (Å²) in [6, 6.07) is 22.4. The van der Waals surface area contributed by atoms with Gasteiger partial charge in [-0.3, -0.25) is 14.8 Å². The van der Waals surface area contributed by atoms with Crippen molar-refractivity contribution in [3.05, 3.63) is 107 Å². The maximum atomic E-state index is 13.4. The summed E-state index contributed by atoms with van der Waals surface area (Å²) in [6.07, 6.45) is 2.61. The predicted molar refractivity (Wildman–Crippen MR) is 131 cm³/mol. The summed E-state index contributed by atoms with van der Waals surface area (Å²) in [5, 5.41) is 14.7. The molecule has 1 aliphatic rings. The zero-order chi connectivity index (χ0) is 25.6. The minimum Gasteiger partial charge on any atom is -0.484 e. The van der Waals surface area contributed by atoms with Crippen molar-refractivity contribution in [2.24, 2.45) is 0 Å². The molecule has 188 valence electrons. The molecule has 1 fully saturated rings. The van der Waals surface area contributed by atoms with Crippen LogP contribution in [-0.2, 0) is 13.2 Å². The summed E-state index contributed by atoms with van der Waals surface area (Å²) in [6.45, 7) is 1.39. The Hall–Kier alpha value is -4.66. The fraction of sp³-hybridized carbons (Fsp3) is 0.214. The van der Waals surface area contributed by atoms with E-state index in [0.29, 0.717) is 43.0 Å². The van der Waals surface area contributed by atoms with Crippen LogP contribution in [0.25, 0.3) is 0 Å². The van der Waals surface area contributed by atoms with E-state index >= 15 is 0 Å². The maximum Gasteiger partial charge on any atom is 0.325 e. The second-order valence-electron chi connectivity index (χ2n) is 8.79. The van der Waals surface area contributed by atoms with Crippen LogP contribution >= 0.6 is 0 Å². The standard InChI is InChI=1S/C28H26N3O6/c32-17-23-13-24(29-37-23)22-11-12-30(15-22)28(33)25-14-26(35-18-20-7-3-1-4-8-20)27(16-31(25)34)36-19-21-9-5-2-6-10-21/h1-10,13-14,16-17,22,34H,11-12,15,18-19H2/q+1/t22-/m1/s1. The number of rotatable bonds is 9. The van der Waals surface area contributed by atoms with Crippen LogP contribution in [0.3, 0.4) is 0 Å².